The molecule has 1 aromatic heterocycles. The predicted molar refractivity (Wildman–Crippen MR) is 97.3 cm³/mol. The fourth-order valence-corrected chi connectivity index (χ4v) is 2.90. The maximum atomic E-state index is 12.7. The summed E-state index contributed by atoms with van der Waals surface area (Å²) in [5.74, 6) is 1.38. The van der Waals surface area contributed by atoms with Crippen LogP contribution < -0.4 is 15.0 Å². The van der Waals surface area contributed by atoms with Crippen LogP contribution in [0.5, 0.6) is 5.75 Å². The Labute approximate surface area is 152 Å². The van der Waals surface area contributed by atoms with Crippen LogP contribution >= 0.6 is 0 Å². The first kappa shape index (κ1) is 18.0. The van der Waals surface area contributed by atoms with Gasteiger partial charge in [0.25, 0.3) is 0 Å². The van der Waals surface area contributed by atoms with Gasteiger partial charge in [-0.1, -0.05) is 25.9 Å². The van der Waals surface area contributed by atoms with E-state index in [0.29, 0.717) is 35.9 Å². The number of rotatable bonds is 4. The maximum Gasteiger partial charge on any atom is 0.248 e. The molecule has 3 rings (SSSR count). The topological polar surface area (TPSA) is 84.7 Å². The Morgan fingerprint density at radius 3 is 2.58 bits per heavy atom. The highest BCUT2D eigenvalue weighted by Crippen LogP contribution is 2.29. The van der Waals surface area contributed by atoms with E-state index in [1.807, 2.05) is 20.8 Å². The molecule has 138 valence electrons. The van der Waals surface area contributed by atoms with Gasteiger partial charge in [0.1, 0.15) is 17.6 Å². The smallest absolute Gasteiger partial charge is 0.248 e. The number of hydrogen-bond acceptors (Lipinski definition) is 5. The maximum absolute atomic E-state index is 12.7. The van der Waals surface area contributed by atoms with Crippen LogP contribution in [0, 0.1) is 0 Å². The highest BCUT2D eigenvalue weighted by atomic mass is 16.5. The van der Waals surface area contributed by atoms with E-state index in [1.165, 1.54) is 4.90 Å². The lowest BCUT2D eigenvalue weighted by atomic mass is 9.93. The molecule has 0 bridgehead atoms. The molecular weight excluding hydrogens is 334 g/mol. The quantitative estimate of drug-likeness (QED) is 0.909. The van der Waals surface area contributed by atoms with Gasteiger partial charge in [0.05, 0.1) is 7.11 Å². The minimum absolute atomic E-state index is 0.0779. The Kier molecular flexibility index (Phi) is 4.71. The number of ether oxygens (including phenoxy) is 1. The van der Waals surface area contributed by atoms with Gasteiger partial charge in [-0.15, -0.1) is 0 Å². The number of amides is 2. The van der Waals surface area contributed by atoms with Crippen molar-refractivity contribution in [2.45, 2.75) is 45.1 Å². The summed E-state index contributed by atoms with van der Waals surface area (Å²) in [6.45, 7) is 6.00. The van der Waals surface area contributed by atoms with Crippen molar-refractivity contribution in [3.8, 4) is 5.75 Å². The monoisotopic (exact) mass is 357 g/mol. The first-order valence-electron chi connectivity index (χ1n) is 8.54. The van der Waals surface area contributed by atoms with E-state index in [2.05, 4.69) is 10.5 Å². The minimum Gasteiger partial charge on any atom is -0.497 e. The number of carbonyl (C=O) groups is 2. The molecule has 1 fully saturated rings. The third-order valence-electron chi connectivity index (χ3n) is 4.37. The third-order valence-corrected chi connectivity index (χ3v) is 4.37. The molecule has 0 unspecified atom stereocenters. The van der Waals surface area contributed by atoms with E-state index in [9.17, 15) is 9.59 Å². The van der Waals surface area contributed by atoms with Crippen molar-refractivity contribution in [1.82, 2.24) is 5.16 Å². The lowest BCUT2D eigenvalue weighted by Crippen LogP contribution is -2.41. The fourth-order valence-electron chi connectivity index (χ4n) is 2.90. The molecule has 0 saturated carbocycles. The highest BCUT2D eigenvalue weighted by molar-refractivity contribution is 6.07. The van der Waals surface area contributed by atoms with Crippen LogP contribution in [0.3, 0.4) is 0 Å². The van der Waals surface area contributed by atoms with Gasteiger partial charge in [-0.2, -0.15) is 0 Å². The zero-order valence-electron chi connectivity index (χ0n) is 15.4. The summed E-state index contributed by atoms with van der Waals surface area (Å²) in [6.07, 6.45) is 0.789. The number of methoxy groups -OCH3 is 1. The molecule has 1 atom stereocenters. The zero-order valence-corrected chi connectivity index (χ0v) is 15.4. The van der Waals surface area contributed by atoms with Gasteiger partial charge in [-0.25, -0.2) is 0 Å². The average Bonchev–Trinajstić information content (AvgIpc) is 3.21. The SMILES string of the molecule is COc1ccc(N2C(=O)CC[C@H]2C(=O)Nc2cc(C(C)(C)C)on2)cc1. The second-order valence-corrected chi connectivity index (χ2v) is 7.33. The van der Waals surface area contributed by atoms with E-state index < -0.39 is 6.04 Å². The van der Waals surface area contributed by atoms with Crippen molar-refractivity contribution < 1.29 is 18.8 Å². The normalized spacial score (nSPS) is 17.5. The van der Waals surface area contributed by atoms with Crippen LogP contribution in [-0.4, -0.2) is 30.1 Å². The molecule has 7 heteroatoms. The number of benzene rings is 1. The molecule has 1 N–H and O–H groups in total. The summed E-state index contributed by atoms with van der Waals surface area (Å²) < 4.78 is 10.4. The van der Waals surface area contributed by atoms with Gasteiger partial charge in [-0.3, -0.25) is 14.5 Å². The number of hydrogen-bond donors (Lipinski definition) is 1. The molecule has 26 heavy (non-hydrogen) atoms. The average molecular weight is 357 g/mol. The zero-order chi connectivity index (χ0) is 18.9. The number of anilines is 2. The fraction of sp³-hybridized carbons (Fsp3) is 0.421. The molecular formula is C19H23N3O4. The van der Waals surface area contributed by atoms with Crippen molar-refractivity contribution in [3.05, 3.63) is 36.1 Å². The molecule has 1 aliphatic rings. The first-order chi connectivity index (χ1) is 12.3. The molecule has 0 radical (unpaired) electrons. The van der Waals surface area contributed by atoms with Gasteiger partial charge in [0.2, 0.25) is 11.8 Å². The molecule has 0 spiro atoms. The molecule has 2 amide bonds. The molecule has 2 aromatic rings. The van der Waals surface area contributed by atoms with Crippen molar-refractivity contribution in [2.24, 2.45) is 0 Å². The van der Waals surface area contributed by atoms with Crippen molar-refractivity contribution in [2.75, 3.05) is 17.3 Å². The number of nitrogens with one attached hydrogen (secondary N) is 1. The van der Waals surface area contributed by atoms with Gasteiger partial charge in [0, 0.05) is 23.6 Å². The van der Waals surface area contributed by atoms with Gasteiger partial charge < -0.3 is 14.6 Å². The van der Waals surface area contributed by atoms with E-state index in [1.54, 1.807) is 37.4 Å². The molecule has 1 saturated heterocycles. The van der Waals surface area contributed by atoms with Crippen molar-refractivity contribution in [3.63, 3.8) is 0 Å². The Balaban J connectivity index is 1.77. The van der Waals surface area contributed by atoms with E-state index >= 15 is 0 Å². The summed E-state index contributed by atoms with van der Waals surface area (Å²) in [5.41, 5.74) is 0.470. The van der Waals surface area contributed by atoms with Crippen LogP contribution in [0.15, 0.2) is 34.9 Å². The second-order valence-electron chi connectivity index (χ2n) is 7.33. The molecule has 1 aromatic carbocycles. The molecule has 7 nitrogen and oxygen atoms in total. The van der Waals surface area contributed by atoms with Crippen LogP contribution in [0.1, 0.15) is 39.4 Å². The van der Waals surface area contributed by atoms with Gasteiger partial charge in [-0.05, 0) is 30.7 Å². The number of carbonyl (C=O) groups excluding carboxylic acids is 2. The van der Waals surface area contributed by atoms with Crippen molar-refractivity contribution >= 4 is 23.3 Å². The lowest BCUT2D eigenvalue weighted by Gasteiger charge is -2.23. The van der Waals surface area contributed by atoms with Crippen LogP contribution in [0.25, 0.3) is 0 Å². The van der Waals surface area contributed by atoms with E-state index in [4.69, 9.17) is 9.26 Å². The van der Waals surface area contributed by atoms with E-state index in [-0.39, 0.29) is 17.2 Å². The lowest BCUT2D eigenvalue weighted by molar-refractivity contribution is -0.120. The standard InChI is InChI=1S/C19H23N3O4/c1-19(2,3)15-11-16(21-26-15)20-18(24)14-9-10-17(23)22(14)12-5-7-13(25-4)8-6-12/h5-8,11,14H,9-10H2,1-4H3,(H,20,21,24)/t14-/m0/s1. The Hall–Kier alpha value is -2.83. The number of nitrogens with zero attached hydrogens (tertiary/aromatic N) is 2. The number of aromatic nitrogens is 1. The highest BCUT2D eigenvalue weighted by Gasteiger charge is 2.37. The third kappa shape index (κ3) is 3.56. The summed E-state index contributed by atoms with van der Waals surface area (Å²) in [6, 6.07) is 8.22. The Bertz CT molecular complexity index is 805. The van der Waals surface area contributed by atoms with Gasteiger partial charge in [0.15, 0.2) is 5.82 Å². The summed E-state index contributed by atoms with van der Waals surface area (Å²) in [5, 5.41) is 6.66. The summed E-state index contributed by atoms with van der Waals surface area (Å²) >= 11 is 0. The van der Waals surface area contributed by atoms with E-state index in [0.717, 1.165) is 0 Å². The molecule has 2 heterocycles. The Morgan fingerprint density at radius 2 is 2.00 bits per heavy atom. The largest absolute Gasteiger partial charge is 0.497 e. The van der Waals surface area contributed by atoms with Crippen LogP contribution in [0.4, 0.5) is 11.5 Å². The van der Waals surface area contributed by atoms with Crippen LogP contribution in [0.2, 0.25) is 0 Å². The molecule has 1 aliphatic heterocycles. The van der Waals surface area contributed by atoms with Crippen molar-refractivity contribution in [1.29, 1.82) is 0 Å². The minimum atomic E-state index is -0.578. The van der Waals surface area contributed by atoms with Gasteiger partial charge >= 0.3 is 0 Å². The summed E-state index contributed by atoms with van der Waals surface area (Å²) in [7, 11) is 1.58. The summed E-state index contributed by atoms with van der Waals surface area (Å²) in [4.78, 5) is 26.6. The van der Waals surface area contributed by atoms with Crippen LogP contribution in [-0.2, 0) is 15.0 Å². The Morgan fingerprint density at radius 1 is 1.31 bits per heavy atom. The first-order valence-corrected chi connectivity index (χ1v) is 8.54. The molecule has 0 aliphatic carbocycles. The predicted octanol–water partition coefficient (Wildman–Crippen LogP) is 3.11. The second kappa shape index (κ2) is 6.82.